The molecule has 1 amide bonds. The van der Waals surface area contributed by atoms with Crippen LogP contribution in [0.2, 0.25) is 0 Å². The van der Waals surface area contributed by atoms with Gasteiger partial charge in [0.15, 0.2) is 5.78 Å². The lowest BCUT2D eigenvalue weighted by molar-refractivity contribution is -0.142. The minimum Gasteiger partial charge on any atom is -0.465 e. The molecule has 1 aliphatic heterocycles. The number of Topliss-reactive ketones (excluding diaryl/α,β-unsaturated/α-hetero) is 1. The molecule has 132 valence electrons. The SMILES string of the molecule is COC(=O)c1c(CC(=O)N2C[C@H](C)O[C@@H](C)C2)[nH]c(C(C)=O)c1C. The third kappa shape index (κ3) is 3.67. The highest BCUT2D eigenvalue weighted by Crippen LogP contribution is 2.22. The Hall–Kier alpha value is -2.15. The Kier molecular flexibility index (Phi) is 5.43. The fourth-order valence-corrected chi connectivity index (χ4v) is 3.17. The number of morpholine rings is 1. The maximum atomic E-state index is 12.6. The maximum Gasteiger partial charge on any atom is 0.339 e. The summed E-state index contributed by atoms with van der Waals surface area (Å²) in [4.78, 5) is 41.1. The van der Waals surface area contributed by atoms with Crippen molar-refractivity contribution in [2.24, 2.45) is 0 Å². The molecule has 24 heavy (non-hydrogen) atoms. The molecule has 0 aliphatic carbocycles. The fraction of sp³-hybridized carbons (Fsp3) is 0.588. The highest BCUT2D eigenvalue weighted by Gasteiger charge is 2.29. The average molecular weight is 336 g/mol. The number of hydrogen-bond acceptors (Lipinski definition) is 5. The first-order valence-corrected chi connectivity index (χ1v) is 7.98. The molecule has 0 saturated carbocycles. The molecule has 2 rings (SSSR count). The lowest BCUT2D eigenvalue weighted by Crippen LogP contribution is -2.48. The van der Waals surface area contributed by atoms with Crippen molar-refractivity contribution in [2.45, 2.75) is 46.3 Å². The predicted octanol–water partition coefficient (Wildman–Crippen LogP) is 1.49. The van der Waals surface area contributed by atoms with Gasteiger partial charge in [-0.2, -0.15) is 0 Å². The Morgan fingerprint density at radius 2 is 1.83 bits per heavy atom. The molecule has 0 radical (unpaired) electrons. The Morgan fingerprint density at radius 1 is 1.25 bits per heavy atom. The van der Waals surface area contributed by atoms with Gasteiger partial charge in [0.2, 0.25) is 5.91 Å². The summed E-state index contributed by atoms with van der Waals surface area (Å²) in [5.41, 5.74) is 1.54. The van der Waals surface area contributed by atoms with E-state index in [-0.39, 0.29) is 35.9 Å². The van der Waals surface area contributed by atoms with E-state index in [2.05, 4.69) is 4.98 Å². The Morgan fingerprint density at radius 3 is 2.33 bits per heavy atom. The molecule has 7 nitrogen and oxygen atoms in total. The lowest BCUT2D eigenvalue weighted by atomic mass is 10.1. The zero-order valence-electron chi connectivity index (χ0n) is 14.8. The van der Waals surface area contributed by atoms with Gasteiger partial charge >= 0.3 is 5.97 Å². The van der Waals surface area contributed by atoms with Crippen LogP contribution in [0.5, 0.6) is 0 Å². The molecule has 1 saturated heterocycles. The standard InChI is InChI=1S/C17H24N2O5/c1-9-7-19(8-10(2)24-9)14(21)6-13-15(17(22)23-5)11(3)16(18-13)12(4)20/h9-10,18H,6-8H2,1-5H3/t9-,10-/m0/s1. The summed E-state index contributed by atoms with van der Waals surface area (Å²) in [6.07, 6.45) is -0.0512. The van der Waals surface area contributed by atoms with Gasteiger partial charge in [-0.15, -0.1) is 0 Å². The number of aromatic nitrogens is 1. The fourth-order valence-electron chi connectivity index (χ4n) is 3.17. The van der Waals surface area contributed by atoms with Crippen LogP contribution in [0.3, 0.4) is 0 Å². The van der Waals surface area contributed by atoms with Gasteiger partial charge in [0.25, 0.3) is 0 Å². The van der Waals surface area contributed by atoms with Crippen LogP contribution < -0.4 is 0 Å². The van der Waals surface area contributed by atoms with Gasteiger partial charge in [-0.05, 0) is 26.3 Å². The van der Waals surface area contributed by atoms with Crippen LogP contribution in [0.25, 0.3) is 0 Å². The van der Waals surface area contributed by atoms with Crippen molar-refractivity contribution >= 4 is 17.7 Å². The van der Waals surface area contributed by atoms with E-state index in [1.54, 1.807) is 11.8 Å². The average Bonchev–Trinajstić information content (AvgIpc) is 2.82. The van der Waals surface area contributed by atoms with Gasteiger partial charge in [-0.1, -0.05) is 0 Å². The van der Waals surface area contributed by atoms with Gasteiger partial charge in [0.1, 0.15) is 0 Å². The first kappa shape index (κ1) is 18.2. The van der Waals surface area contributed by atoms with Crippen LogP contribution >= 0.6 is 0 Å². The molecule has 0 spiro atoms. The van der Waals surface area contributed by atoms with Gasteiger partial charge < -0.3 is 19.4 Å². The highest BCUT2D eigenvalue weighted by atomic mass is 16.5. The molecule has 1 N–H and O–H groups in total. The minimum absolute atomic E-state index is 0.0119. The number of aromatic amines is 1. The quantitative estimate of drug-likeness (QED) is 0.665. The zero-order chi connectivity index (χ0) is 18.0. The summed E-state index contributed by atoms with van der Waals surface area (Å²) in [6.45, 7) is 7.94. The van der Waals surface area contributed by atoms with Gasteiger partial charge in [0.05, 0.1) is 37.0 Å². The van der Waals surface area contributed by atoms with E-state index in [0.29, 0.717) is 30.0 Å². The van der Waals surface area contributed by atoms with Crippen LogP contribution in [0.1, 0.15) is 52.9 Å². The molecule has 1 aromatic heterocycles. The number of nitrogens with zero attached hydrogens (tertiary/aromatic N) is 1. The number of esters is 1. The second kappa shape index (κ2) is 7.17. The van der Waals surface area contributed by atoms with Crippen LogP contribution in [0.15, 0.2) is 0 Å². The van der Waals surface area contributed by atoms with E-state index in [0.717, 1.165) is 0 Å². The molecule has 0 bridgehead atoms. The number of nitrogens with one attached hydrogen (secondary N) is 1. The smallest absolute Gasteiger partial charge is 0.339 e. The number of rotatable bonds is 4. The Balaban J connectivity index is 2.28. The number of H-pyrrole nitrogens is 1. The summed E-state index contributed by atoms with van der Waals surface area (Å²) in [6, 6.07) is 0. The third-order valence-corrected chi connectivity index (χ3v) is 4.17. The van der Waals surface area contributed by atoms with E-state index >= 15 is 0 Å². The second-order valence-electron chi connectivity index (χ2n) is 6.26. The maximum absolute atomic E-state index is 12.6. The van der Waals surface area contributed by atoms with E-state index < -0.39 is 5.97 Å². The first-order valence-electron chi connectivity index (χ1n) is 7.98. The van der Waals surface area contributed by atoms with Crippen molar-refractivity contribution in [3.8, 4) is 0 Å². The van der Waals surface area contributed by atoms with Crippen LogP contribution in [0, 0.1) is 6.92 Å². The number of methoxy groups -OCH3 is 1. The predicted molar refractivity (Wildman–Crippen MR) is 87.2 cm³/mol. The molecular weight excluding hydrogens is 312 g/mol. The number of amides is 1. The number of hydrogen-bond donors (Lipinski definition) is 1. The zero-order valence-corrected chi connectivity index (χ0v) is 14.8. The number of ether oxygens (including phenoxy) is 2. The molecule has 2 atom stereocenters. The molecular formula is C17H24N2O5. The third-order valence-electron chi connectivity index (χ3n) is 4.17. The van der Waals surface area contributed by atoms with Crippen molar-refractivity contribution in [3.05, 3.63) is 22.5 Å². The number of ketones is 1. The summed E-state index contributed by atoms with van der Waals surface area (Å²) in [5, 5.41) is 0. The largest absolute Gasteiger partial charge is 0.465 e. The molecule has 1 aliphatic rings. The molecule has 1 fully saturated rings. The minimum atomic E-state index is -0.553. The second-order valence-corrected chi connectivity index (χ2v) is 6.26. The van der Waals surface area contributed by atoms with Crippen molar-refractivity contribution in [3.63, 3.8) is 0 Å². The summed E-state index contributed by atoms with van der Waals surface area (Å²) >= 11 is 0. The van der Waals surface area contributed by atoms with Crippen molar-refractivity contribution < 1.29 is 23.9 Å². The van der Waals surface area contributed by atoms with Gasteiger partial charge in [-0.25, -0.2) is 4.79 Å². The van der Waals surface area contributed by atoms with Crippen LogP contribution in [-0.4, -0.2) is 60.0 Å². The highest BCUT2D eigenvalue weighted by molar-refractivity contribution is 6.01. The van der Waals surface area contributed by atoms with E-state index in [9.17, 15) is 14.4 Å². The normalized spacial score (nSPS) is 20.8. The molecule has 0 unspecified atom stereocenters. The Labute approximate surface area is 141 Å². The summed E-state index contributed by atoms with van der Waals surface area (Å²) < 4.78 is 10.4. The molecule has 1 aromatic rings. The van der Waals surface area contributed by atoms with Crippen molar-refractivity contribution in [1.29, 1.82) is 0 Å². The van der Waals surface area contributed by atoms with E-state index in [1.165, 1.54) is 14.0 Å². The first-order chi connectivity index (χ1) is 11.2. The monoisotopic (exact) mass is 336 g/mol. The number of carbonyl (C=O) groups is 3. The van der Waals surface area contributed by atoms with Gasteiger partial charge in [-0.3, -0.25) is 9.59 Å². The van der Waals surface area contributed by atoms with E-state index in [1.807, 2.05) is 13.8 Å². The molecule has 7 heteroatoms. The molecule has 2 heterocycles. The topological polar surface area (TPSA) is 88.7 Å². The lowest BCUT2D eigenvalue weighted by Gasteiger charge is -2.35. The Bertz CT molecular complexity index is 654. The molecule has 0 aromatic carbocycles. The summed E-state index contributed by atoms with van der Waals surface area (Å²) in [7, 11) is 1.28. The van der Waals surface area contributed by atoms with E-state index in [4.69, 9.17) is 9.47 Å². The summed E-state index contributed by atoms with van der Waals surface area (Å²) in [5.74, 6) is -0.855. The van der Waals surface area contributed by atoms with Crippen molar-refractivity contribution in [2.75, 3.05) is 20.2 Å². The van der Waals surface area contributed by atoms with Crippen LogP contribution in [-0.2, 0) is 20.7 Å². The van der Waals surface area contributed by atoms with Crippen molar-refractivity contribution in [1.82, 2.24) is 9.88 Å². The van der Waals surface area contributed by atoms with Crippen LogP contribution in [0.4, 0.5) is 0 Å². The number of carbonyl (C=O) groups excluding carboxylic acids is 3. The van der Waals surface area contributed by atoms with Gasteiger partial charge in [0, 0.05) is 25.7 Å².